The molecule has 0 aliphatic carbocycles. The van der Waals surface area contributed by atoms with Crippen LogP contribution in [-0.4, -0.2) is 21.8 Å². The molecule has 2 aromatic carbocycles. The molecule has 0 spiro atoms. The molecule has 0 aliphatic heterocycles. The molecule has 120 valence electrons. The molecule has 0 saturated carbocycles. The van der Waals surface area contributed by atoms with Crippen LogP contribution in [0.3, 0.4) is 0 Å². The van der Waals surface area contributed by atoms with Crippen LogP contribution >= 0.6 is 22.6 Å². The van der Waals surface area contributed by atoms with Crippen LogP contribution in [-0.2, 0) is 6.54 Å². The number of nitriles is 1. The molecule has 0 aliphatic rings. The second kappa shape index (κ2) is 6.93. The fourth-order valence-electron chi connectivity index (χ4n) is 2.47. The van der Waals surface area contributed by atoms with Crippen LogP contribution in [0.25, 0.3) is 17.1 Å². The maximum atomic E-state index is 9.91. The Morgan fingerprint density at radius 2 is 2.21 bits per heavy atom. The lowest BCUT2D eigenvalue weighted by Crippen LogP contribution is -1.98. The molecule has 3 aromatic rings. The van der Waals surface area contributed by atoms with E-state index in [1.165, 1.54) is 7.11 Å². The first kappa shape index (κ1) is 16.3. The number of phenols is 1. The number of halogens is 1. The van der Waals surface area contributed by atoms with E-state index >= 15 is 0 Å². The minimum Gasteiger partial charge on any atom is -0.504 e. The number of allylic oxidation sites excluding steroid dienone is 1. The number of fused-ring (bicyclic) bond motifs is 1. The van der Waals surface area contributed by atoms with Crippen LogP contribution in [0.15, 0.2) is 48.3 Å². The van der Waals surface area contributed by atoms with Gasteiger partial charge in [0, 0.05) is 5.57 Å². The smallest absolute Gasteiger partial charge is 0.171 e. The number of imidazole rings is 1. The predicted molar refractivity (Wildman–Crippen MR) is 101 cm³/mol. The summed E-state index contributed by atoms with van der Waals surface area (Å²) in [4.78, 5) is 4.34. The fraction of sp³-hybridized carbons (Fsp3) is 0.111. The van der Waals surface area contributed by atoms with Crippen molar-refractivity contribution in [2.75, 3.05) is 7.11 Å². The molecule has 1 aromatic heterocycles. The summed E-state index contributed by atoms with van der Waals surface area (Å²) in [6, 6.07) is 13.5. The molecule has 3 rings (SSSR count). The Bertz CT molecular complexity index is 970. The van der Waals surface area contributed by atoms with Crippen molar-refractivity contribution in [2.24, 2.45) is 0 Å². The number of benzene rings is 2. The lowest BCUT2D eigenvalue weighted by atomic mass is 10.1. The summed E-state index contributed by atoms with van der Waals surface area (Å²) < 4.78 is 7.77. The van der Waals surface area contributed by atoms with Gasteiger partial charge in [-0.05, 0) is 58.5 Å². The predicted octanol–water partition coefficient (Wildman–Crippen LogP) is 3.96. The molecule has 0 atom stereocenters. The van der Waals surface area contributed by atoms with Gasteiger partial charge in [0.1, 0.15) is 0 Å². The Balaban J connectivity index is 1.96. The first-order valence-corrected chi connectivity index (χ1v) is 8.27. The standard InChI is InChI=1S/C18H14IN3O2/c1-24-17-8-12(7-14(19)18(17)23)6-13(9-20)10-22-11-21-15-4-2-3-5-16(15)22/h2-8,11,23H,10H2,1H3/b13-6-. The van der Waals surface area contributed by atoms with Crippen LogP contribution in [0, 0.1) is 14.9 Å². The highest BCUT2D eigenvalue weighted by Crippen LogP contribution is 2.33. The van der Waals surface area contributed by atoms with Crippen molar-refractivity contribution in [2.45, 2.75) is 6.54 Å². The molecule has 0 saturated heterocycles. The topological polar surface area (TPSA) is 71.1 Å². The molecule has 0 amide bonds. The monoisotopic (exact) mass is 431 g/mol. The Hall–Kier alpha value is -2.53. The second-order valence-corrected chi connectivity index (χ2v) is 6.36. The molecule has 1 heterocycles. The zero-order chi connectivity index (χ0) is 17.1. The average molecular weight is 431 g/mol. The van der Waals surface area contributed by atoms with E-state index in [1.807, 2.05) is 57.5 Å². The van der Waals surface area contributed by atoms with Crippen molar-refractivity contribution in [3.63, 3.8) is 0 Å². The fourth-order valence-corrected chi connectivity index (χ4v) is 3.09. The van der Waals surface area contributed by atoms with Gasteiger partial charge in [-0.25, -0.2) is 4.98 Å². The quantitative estimate of drug-likeness (QED) is 0.502. The van der Waals surface area contributed by atoms with Gasteiger partial charge in [-0.3, -0.25) is 0 Å². The van der Waals surface area contributed by atoms with E-state index in [-0.39, 0.29) is 5.75 Å². The highest BCUT2D eigenvalue weighted by molar-refractivity contribution is 14.1. The molecule has 0 radical (unpaired) electrons. The van der Waals surface area contributed by atoms with E-state index < -0.39 is 0 Å². The van der Waals surface area contributed by atoms with Gasteiger partial charge in [-0.15, -0.1) is 0 Å². The van der Waals surface area contributed by atoms with E-state index in [2.05, 4.69) is 11.1 Å². The van der Waals surface area contributed by atoms with Gasteiger partial charge in [0.25, 0.3) is 0 Å². The first-order valence-electron chi connectivity index (χ1n) is 7.19. The van der Waals surface area contributed by atoms with Gasteiger partial charge in [0.2, 0.25) is 0 Å². The molecular weight excluding hydrogens is 417 g/mol. The number of rotatable bonds is 4. The number of aromatic hydroxyl groups is 1. The zero-order valence-corrected chi connectivity index (χ0v) is 15.1. The summed E-state index contributed by atoms with van der Waals surface area (Å²) in [5.41, 5.74) is 3.27. The maximum absolute atomic E-state index is 9.91. The Morgan fingerprint density at radius 1 is 1.42 bits per heavy atom. The van der Waals surface area contributed by atoms with Crippen molar-refractivity contribution in [1.82, 2.24) is 9.55 Å². The summed E-state index contributed by atoms with van der Waals surface area (Å²) in [5, 5.41) is 19.4. The summed E-state index contributed by atoms with van der Waals surface area (Å²) in [6.07, 6.45) is 3.52. The van der Waals surface area contributed by atoms with Crippen LogP contribution < -0.4 is 4.74 Å². The number of methoxy groups -OCH3 is 1. The number of phenolic OH excluding ortho intramolecular Hbond substituents is 1. The van der Waals surface area contributed by atoms with E-state index in [1.54, 1.807) is 18.5 Å². The molecule has 0 bridgehead atoms. The largest absolute Gasteiger partial charge is 0.504 e. The van der Waals surface area contributed by atoms with E-state index in [0.717, 1.165) is 16.6 Å². The van der Waals surface area contributed by atoms with E-state index in [4.69, 9.17) is 4.74 Å². The van der Waals surface area contributed by atoms with Crippen molar-refractivity contribution in [1.29, 1.82) is 5.26 Å². The van der Waals surface area contributed by atoms with Crippen molar-refractivity contribution in [3.05, 3.63) is 57.4 Å². The summed E-state index contributed by atoms with van der Waals surface area (Å²) in [6.45, 7) is 0.427. The Kier molecular flexibility index (Phi) is 4.71. The zero-order valence-electron chi connectivity index (χ0n) is 12.9. The average Bonchev–Trinajstić information content (AvgIpc) is 3.00. The SMILES string of the molecule is COc1cc(/C=C(/C#N)Cn2cnc3ccccc32)cc(I)c1O. The molecule has 0 unspecified atom stereocenters. The summed E-state index contributed by atoms with van der Waals surface area (Å²) >= 11 is 2.03. The minimum absolute atomic E-state index is 0.106. The van der Waals surface area contributed by atoms with Crippen LogP contribution in [0.1, 0.15) is 5.56 Å². The van der Waals surface area contributed by atoms with E-state index in [9.17, 15) is 10.4 Å². The maximum Gasteiger partial charge on any atom is 0.171 e. The summed E-state index contributed by atoms with van der Waals surface area (Å²) in [5.74, 6) is 0.493. The highest BCUT2D eigenvalue weighted by Gasteiger charge is 2.09. The van der Waals surface area contributed by atoms with Crippen LogP contribution in [0.4, 0.5) is 0 Å². The second-order valence-electron chi connectivity index (χ2n) is 5.20. The van der Waals surface area contributed by atoms with Gasteiger partial charge in [0.15, 0.2) is 11.5 Å². The van der Waals surface area contributed by atoms with Gasteiger partial charge < -0.3 is 14.4 Å². The molecule has 5 nitrogen and oxygen atoms in total. The number of nitrogens with zero attached hydrogens (tertiary/aromatic N) is 3. The third-order valence-electron chi connectivity index (χ3n) is 3.62. The van der Waals surface area contributed by atoms with Crippen molar-refractivity contribution >= 4 is 39.7 Å². The number of hydrogen-bond donors (Lipinski definition) is 1. The Morgan fingerprint density at radius 3 is 2.96 bits per heavy atom. The van der Waals surface area contributed by atoms with Gasteiger partial charge >= 0.3 is 0 Å². The number of ether oxygens (including phenoxy) is 1. The molecular formula is C18H14IN3O2. The molecule has 0 fully saturated rings. The third kappa shape index (κ3) is 3.21. The lowest BCUT2D eigenvalue weighted by molar-refractivity contribution is 0.371. The van der Waals surface area contributed by atoms with Crippen molar-refractivity contribution < 1.29 is 9.84 Å². The van der Waals surface area contributed by atoms with E-state index in [0.29, 0.717) is 21.4 Å². The highest BCUT2D eigenvalue weighted by atomic mass is 127. The summed E-state index contributed by atoms with van der Waals surface area (Å²) in [7, 11) is 1.50. The third-order valence-corrected chi connectivity index (χ3v) is 4.45. The normalized spacial score (nSPS) is 11.5. The first-order chi connectivity index (χ1) is 11.6. The molecule has 6 heteroatoms. The Labute approximate surface area is 153 Å². The van der Waals surface area contributed by atoms with Crippen molar-refractivity contribution in [3.8, 4) is 17.6 Å². The van der Waals surface area contributed by atoms with Crippen LogP contribution in [0.5, 0.6) is 11.5 Å². The lowest BCUT2D eigenvalue weighted by Gasteiger charge is -2.08. The minimum atomic E-state index is 0.106. The number of aromatic nitrogens is 2. The van der Waals surface area contributed by atoms with Gasteiger partial charge in [-0.2, -0.15) is 5.26 Å². The number of para-hydroxylation sites is 2. The molecule has 1 N–H and O–H groups in total. The van der Waals surface area contributed by atoms with Crippen LogP contribution in [0.2, 0.25) is 0 Å². The number of hydrogen-bond acceptors (Lipinski definition) is 4. The molecule has 24 heavy (non-hydrogen) atoms. The van der Waals surface area contributed by atoms with Gasteiger partial charge in [0.05, 0.1) is 40.7 Å². The van der Waals surface area contributed by atoms with Gasteiger partial charge in [-0.1, -0.05) is 12.1 Å².